The molecule has 0 aliphatic rings. The Morgan fingerprint density at radius 2 is 1.57 bits per heavy atom. The highest BCUT2D eigenvalue weighted by Gasteiger charge is 2.12. The molecular formula is C24H24N2O2. The molecule has 0 amide bonds. The lowest BCUT2D eigenvalue weighted by molar-refractivity contribution is 0.298. The molecule has 0 atom stereocenters. The largest absolute Gasteiger partial charge is 0.497 e. The van der Waals surface area contributed by atoms with Crippen LogP contribution in [0, 0.1) is 6.92 Å². The molecule has 142 valence electrons. The van der Waals surface area contributed by atoms with Crippen molar-refractivity contribution in [1.82, 2.24) is 9.55 Å². The van der Waals surface area contributed by atoms with Crippen molar-refractivity contribution in [2.45, 2.75) is 19.9 Å². The van der Waals surface area contributed by atoms with Crippen LogP contribution in [0.2, 0.25) is 0 Å². The second-order valence-electron chi connectivity index (χ2n) is 6.80. The second-order valence-corrected chi connectivity index (χ2v) is 6.80. The second kappa shape index (κ2) is 8.17. The van der Waals surface area contributed by atoms with Crippen molar-refractivity contribution in [3.05, 3.63) is 89.7 Å². The number of fused-ring (bicyclic) bond motifs is 1. The Hall–Kier alpha value is -3.27. The van der Waals surface area contributed by atoms with E-state index in [1.54, 1.807) is 7.11 Å². The van der Waals surface area contributed by atoms with E-state index in [0.29, 0.717) is 6.61 Å². The van der Waals surface area contributed by atoms with Crippen LogP contribution in [0.3, 0.4) is 0 Å². The third-order valence-corrected chi connectivity index (χ3v) is 4.99. The molecule has 28 heavy (non-hydrogen) atoms. The van der Waals surface area contributed by atoms with Gasteiger partial charge in [0.25, 0.3) is 0 Å². The molecule has 0 fully saturated rings. The number of rotatable bonds is 7. The molecule has 4 nitrogen and oxygen atoms in total. The molecule has 0 aliphatic heterocycles. The molecule has 4 heteroatoms. The highest BCUT2D eigenvalue weighted by Crippen LogP contribution is 2.21. The van der Waals surface area contributed by atoms with Gasteiger partial charge in [-0.25, -0.2) is 4.98 Å². The maximum atomic E-state index is 5.95. The van der Waals surface area contributed by atoms with Gasteiger partial charge in [-0.1, -0.05) is 36.4 Å². The number of imidazole rings is 1. The van der Waals surface area contributed by atoms with Crippen LogP contribution < -0.4 is 9.47 Å². The van der Waals surface area contributed by atoms with Crippen LogP contribution in [0.4, 0.5) is 0 Å². The molecule has 1 aromatic heterocycles. The first-order valence-corrected chi connectivity index (χ1v) is 9.50. The molecule has 0 saturated heterocycles. The van der Waals surface area contributed by atoms with Gasteiger partial charge in [-0.05, 0) is 54.4 Å². The van der Waals surface area contributed by atoms with Crippen molar-refractivity contribution in [2.75, 3.05) is 13.7 Å². The molecule has 0 spiro atoms. The quantitative estimate of drug-likeness (QED) is 0.457. The topological polar surface area (TPSA) is 36.3 Å². The normalized spacial score (nSPS) is 10.9. The molecule has 0 N–H and O–H groups in total. The van der Waals surface area contributed by atoms with Crippen LogP contribution in [0.1, 0.15) is 17.0 Å². The lowest BCUT2D eigenvalue weighted by Gasteiger charge is -2.12. The van der Waals surface area contributed by atoms with Crippen molar-refractivity contribution in [3.63, 3.8) is 0 Å². The van der Waals surface area contributed by atoms with Crippen molar-refractivity contribution in [3.8, 4) is 11.5 Å². The van der Waals surface area contributed by atoms with Crippen LogP contribution in [-0.4, -0.2) is 23.3 Å². The van der Waals surface area contributed by atoms with E-state index in [0.717, 1.165) is 41.3 Å². The predicted octanol–water partition coefficient (Wildman–Crippen LogP) is 5.02. The average Bonchev–Trinajstić information content (AvgIpc) is 3.07. The Bertz CT molecular complexity index is 1070. The molecule has 4 rings (SSSR count). The molecule has 0 unspecified atom stereocenters. The summed E-state index contributed by atoms with van der Waals surface area (Å²) in [5.41, 5.74) is 4.76. The van der Waals surface area contributed by atoms with Crippen LogP contribution in [-0.2, 0) is 13.0 Å². The average molecular weight is 372 g/mol. The Balaban J connectivity index is 1.55. The van der Waals surface area contributed by atoms with Crippen LogP contribution in [0.15, 0.2) is 72.8 Å². The van der Waals surface area contributed by atoms with E-state index in [1.807, 2.05) is 30.3 Å². The number of hydrogen-bond acceptors (Lipinski definition) is 3. The summed E-state index contributed by atoms with van der Waals surface area (Å²) in [6.07, 6.45) is 0.809. The fourth-order valence-corrected chi connectivity index (χ4v) is 3.42. The van der Waals surface area contributed by atoms with E-state index in [2.05, 4.69) is 54.0 Å². The first-order valence-electron chi connectivity index (χ1n) is 9.50. The van der Waals surface area contributed by atoms with E-state index in [4.69, 9.17) is 14.5 Å². The minimum absolute atomic E-state index is 0.577. The standard InChI is InChI=1S/C24H24N2O2/c1-18-7-3-4-8-19(18)17-24-25-22-9-5-6-10-23(22)26(24)15-16-28-21-13-11-20(27-2)12-14-21/h3-14H,15-17H2,1-2H3. The minimum Gasteiger partial charge on any atom is -0.497 e. The van der Waals surface area contributed by atoms with Gasteiger partial charge in [0.05, 0.1) is 24.7 Å². The Morgan fingerprint density at radius 1 is 0.857 bits per heavy atom. The molecule has 4 aromatic rings. The van der Waals surface area contributed by atoms with Gasteiger partial charge in [0.15, 0.2) is 0 Å². The molecule has 0 aliphatic carbocycles. The molecule has 0 radical (unpaired) electrons. The van der Waals surface area contributed by atoms with Gasteiger partial charge in [0, 0.05) is 6.42 Å². The lowest BCUT2D eigenvalue weighted by atomic mass is 10.1. The van der Waals surface area contributed by atoms with Gasteiger partial charge in [0.2, 0.25) is 0 Å². The number of benzene rings is 3. The predicted molar refractivity (Wildman–Crippen MR) is 112 cm³/mol. The van der Waals surface area contributed by atoms with Crippen LogP contribution >= 0.6 is 0 Å². The van der Waals surface area contributed by atoms with Crippen LogP contribution in [0.25, 0.3) is 11.0 Å². The number of para-hydroxylation sites is 2. The monoisotopic (exact) mass is 372 g/mol. The van der Waals surface area contributed by atoms with Crippen LogP contribution in [0.5, 0.6) is 11.5 Å². The summed E-state index contributed by atoms with van der Waals surface area (Å²) in [7, 11) is 1.66. The van der Waals surface area contributed by atoms with Gasteiger partial charge in [-0.2, -0.15) is 0 Å². The number of hydrogen-bond donors (Lipinski definition) is 0. The number of nitrogens with zero attached hydrogens (tertiary/aromatic N) is 2. The van der Waals surface area contributed by atoms with E-state index >= 15 is 0 Å². The van der Waals surface area contributed by atoms with Crippen molar-refractivity contribution >= 4 is 11.0 Å². The summed E-state index contributed by atoms with van der Waals surface area (Å²) in [6.45, 7) is 3.47. The minimum atomic E-state index is 0.577. The van der Waals surface area contributed by atoms with Gasteiger partial charge >= 0.3 is 0 Å². The third-order valence-electron chi connectivity index (χ3n) is 4.99. The zero-order chi connectivity index (χ0) is 19.3. The SMILES string of the molecule is COc1ccc(OCCn2c(Cc3ccccc3C)nc3ccccc32)cc1. The number of aryl methyl sites for hydroxylation is 1. The summed E-state index contributed by atoms with van der Waals surface area (Å²) >= 11 is 0. The Morgan fingerprint density at radius 3 is 2.36 bits per heavy atom. The summed E-state index contributed by atoms with van der Waals surface area (Å²) < 4.78 is 13.4. The van der Waals surface area contributed by atoms with Gasteiger partial charge in [-0.3, -0.25) is 0 Å². The van der Waals surface area contributed by atoms with Gasteiger partial charge in [0.1, 0.15) is 23.9 Å². The zero-order valence-corrected chi connectivity index (χ0v) is 16.3. The lowest BCUT2D eigenvalue weighted by Crippen LogP contribution is -2.12. The van der Waals surface area contributed by atoms with E-state index < -0.39 is 0 Å². The number of aromatic nitrogens is 2. The zero-order valence-electron chi connectivity index (χ0n) is 16.3. The molecule has 1 heterocycles. The summed E-state index contributed by atoms with van der Waals surface area (Å²) in [5, 5.41) is 0. The number of methoxy groups -OCH3 is 1. The van der Waals surface area contributed by atoms with E-state index in [-0.39, 0.29) is 0 Å². The fourth-order valence-electron chi connectivity index (χ4n) is 3.42. The molecular weight excluding hydrogens is 348 g/mol. The first-order chi connectivity index (χ1) is 13.7. The van der Waals surface area contributed by atoms with Gasteiger partial charge in [-0.15, -0.1) is 0 Å². The first kappa shape index (κ1) is 18.1. The molecule has 0 saturated carbocycles. The summed E-state index contributed by atoms with van der Waals surface area (Å²) in [6, 6.07) is 24.4. The van der Waals surface area contributed by atoms with Crippen molar-refractivity contribution in [2.24, 2.45) is 0 Å². The molecule has 3 aromatic carbocycles. The maximum Gasteiger partial charge on any atom is 0.119 e. The summed E-state index contributed by atoms with van der Waals surface area (Å²) in [4.78, 5) is 4.89. The maximum absolute atomic E-state index is 5.95. The smallest absolute Gasteiger partial charge is 0.119 e. The van der Waals surface area contributed by atoms with E-state index in [1.165, 1.54) is 11.1 Å². The highest BCUT2D eigenvalue weighted by molar-refractivity contribution is 5.76. The fraction of sp³-hybridized carbons (Fsp3) is 0.208. The van der Waals surface area contributed by atoms with Gasteiger partial charge < -0.3 is 14.0 Å². The van der Waals surface area contributed by atoms with Crippen molar-refractivity contribution < 1.29 is 9.47 Å². The van der Waals surface area contributed by atoms with E-state index in [9.17, 15) is 0 Å². The third kappa shape index (κ3) is 3.86. The highest BCUT2D eigenvalue weighted by atomic mass is 16.5. The number of ether oxygens (including phenoxy) is 2. The Labute approximate surface area is 165 Å². The Kier molecular flexibility index (Phi) is 5.29. The van der Waals surface area contributed by atoms with Crippen molar-refractivity contribution in [1.29, 1.82) is 0 Å². The molecule has 0 bridgehead atoms. The summed E-state index contributed by atoms with van der Waals surface area (Å²) in [5.74, 6) is 2.73.